The normalized spacial score (nSPS) is 19.8. The van der Waals surface area contributed by atoms with E-state index in [1.807, 2.05) is 24.3 Å². The van der Waals surface area contributed by atoms with Gasteiger partial charge in [-0.05, 0) is 31.2 Å². The quantitative estimate of drug-likeness (QED) is 0.731. The lowest BCUT2D eigenvalue weighted by atomic mass is 9.95. The third-order valence-electron chi connectivity index (χ3n) is 4.77. The SMILES string of the molecule is Cc1nc([C@@H]2CN(C(=O)c3ccc4ncccc4c3)C[C@H]2C(N)=O)n[nH]1. The van der Waals surface area contributed by atoms with Crippen molar-refractivity contribution in [1.82, 2.24) is 25.1 Å². The Morgan fingerprint density at radius 2 is 2.12 bits per heavy atom. The number of amides is 2. The van der Waals surface area contributed by atoms with E-state index in [0.29, 0.717) is 23.8 Å². The van der Waals surface area contributed by atoms with Crippen LogP contribution >= 0.6 is 0 Å². The standard InChI is InChI=1S/C18H18N6O2/c1-10-21-17(23-22-10)14-9-24(8-13(14)16(19)25)18(26)12-4-5-15-11(7-12)3-2-6-20-15/h2-7,13-14H,8-9H2,1H3,(H2,19,25)(H,21,22,23)/t13-,14-/m1/s1. The van der Waals surface area contributed by atoms with Gasteiger partial charge >= 0.3 is 0 Å². The van der Waals surface area contributed by atoms with Crippen molar-refractivity contribution in [2.75, 3.05) is 13.1 Å². The van der Waals surface area contributed by atoms with Gasteiger partial charge in [0.05, 0.1) is 17.4 Å². The number of carbonyl (C=O) groups excluding carboxylic acids is 2. The summed E-state index contributed by atoms with van der Waals surface area (Å²) >= 11 is 0. The van der Waals surface area contributed by atoms with Crippen LogP contribution in [-0.4, -0.2) is 50.0 Å². The number of nitrogens with one attached hydrogen (secondary N) is 1. The van der Waals surface area contributed by atoms with Crippen LogP contribution in [0.3, 0.4) is 0 Å². The highest BCUT2D eigenvalue weighted by molar-refractivity contribution is 5.98. The van der Waals surface area contributed by atoms with Crippen molar-refractivity contribution in [3.63, 3.8) is 0 Å². The van der Waals surface area contributed by atoms with E-state index >= 15 is 0 Å². The minimum absolute atomic E-state index is 0.142. The Balaban J connectivity index is 1.62. The van der Waals surface area contributed by atoms with Crippen LogP contribution in [0.25, 0.3) is 10.9 Å². The van der Waals surface area contributed by atoms with Gasteiger partial charge in [-0.25, -0.2) is 4.98 Å². The zero-order valence-electron chi connectivity index (χ0n) is 14.2. The van der Waals surface area contributed by atoms with E-state index in [0.717, 1.165) is 10.9 Å². The number of aryl methyl sites for hydroxylation is 1. The highest BCUT2D eigenvalue weighted by atomic mass is 16.2. The molecule has 2 aromatic heterocycles. The second-order valence-corrected chi connectivity index (χ2v) is 6.52. The summed E-state index contributed by atoms with van der Waals surface area (Å²) < 4.78 is 0. The fourth-order valence-corrected chi connectivity index (χ4v) is 3.44. The van der Waals surface area contributed by atoms with Gasteiger partial charge in [0.2, 0.25) is 5.91 Å². The maximum absolute atomic E-state index is 12.9. The number of pyridine rings is 1. The van der Waals surface area contributed by atoms with E-state index in [4.69, 9.17) is 5.73 Å². The van der Waals surface area contributed by atoms with Crippen molar-refractivity contribution in [3.05, 3.63) is 53.7 Å². The van der Waals surface area contributed by atoms with Gasteiger partial charge in [0.1, 0.15) is 5.82 Å². The van der Waals surface area contributed by atoms with Gasteiger partial charge in [0.15, 0.2) is 5.82 Å². The molecule has 0 radical (unpaired) electrons. The molecule has 0 aliphatic carbocycles. The van der Waals surface area contributed by atoms with Gasteiger partial charge in [-0.2, -0.15) is 5.10 Å². The predicted molar refractivity (Wildman–Crippen MR) is 94.2 cm³/mol. The molecule has 3 heterocycles. The van der Waals surface area contributed by atoms with E-state index in [1.54, 1.807) is 24.1 Å². The summed E-state index contributed by atoms with van der Waals surface area (Å²) in [5.41, 5.74) is 6.94. The molecular formula is C18H18N6O2. The second-order valence-electron chi connectivity index (χ2n) is 6.52. The van der Waals surface area contributed by atoms with Crippen LogP contribution in [-0.2, 0) is 4.79 Å². The summed E-state index contributed by atoms with van der Waals surface area (Å²) in [6.07, 6.45) is 1.71. The first kappa shape index (κ1) is 16.2. The summed E-state index contributed by atoms with van der Waals surface area (Å²) in [7, 11) is 0. The Hall–Kier alpha value is -3.29. The molecule has 1 fully saturated rings. The van der Waals surface area contributed by atoms with Crippen LogP contribution < -0.4 is 5.73 Å². The predicted octanol–water partition coefficient (Wildman–Crippen LogP) is 1.00. The Morgan fingerprint density at radius 1 is 1.27 bits per heavy atom. The second kappa shape index (κ2) is 6.21. The fraction of sp³-hybridized carbons (Fsp3) is 0.278. The van der Waals surface area contributed by atoms with Crippen LogP contribution in [0.5, 0.6) is 0 Å². The van der Waals surface area contributed by atoms with Crippen LogP contribution in [0.4, 0.5) is 0 Å². The number of aromatic nitrogens is 4. The Labute approximate surface area is 149 Å². The number of hydrogen-bond acceptors (Lipinski definition) is 5. The topological polar surface area (TPSA) is 118 Å². The zero-order chi connectivity index (χ0) is 18.3. The minimum atomic E-state index is -0.503. The van der Waals surface area contributed by atoms with Crippen molar-refractivity contribution in [3.8, 4) is 0 Å². The molecule has 1 saturated heterocycles. The number of fused-ring (bicyclic) bond motifs is 1. The van der Waals surface area contributed by atoms with Gasteiger partial charge in [0, 0.05) is 30.2 Å². The number of H-pyrrole nitrogens is 1. The Kier molecular flexibility index (Phi) is 3.87. The average Bonchev–Trinajstić information content (AvgIpc) is 3.27. The molecule has 0 saturated carbocycles. The lowest BCUT2D eigenvalue weighted by molar-refractivity contribution is -0.121. The van der Waals surface area contributed by atoms with Crippen molar-refractivity contribution in [1.29, 1.82) is 0 Å². The van der Waals surface area contributed by atoms with Crippen LogP contribution in [0.2, 0.25) is 0 Å². The number of primary amides is 1. The largest absolute Gasteiger partial charge is 0.369 e. The van der Waals surface area contributed by atoms with E-state index in [2.05, 4.69) is 20.2 Å². The highest BCUT2D eigenvalue weighted by Gasteiger charge is 2.41. The molecule has 2 atom stereocenters. The maximum Gasteiger partial charge on any atom is 0.253 e. The molecule has 1 aliphatic heterocycles. The molecule has 1 aromatic carbocycles. The fourth-order valence-electron chi connectivity index (χ4n) is 3.44. The molecule has 132 valence electrons. The first-order valence-electron chi connectivity index (χ1n) is 8.35. The smallest absolute Gasteiger partial charge is 0.253 e. The van der Waals surface area contributed by atoms with Gasteiger partial charge in [-0.3, -0.25) is 19.7 Å². The molecule has 26 heavy (non-hydrogen) atoms. The lowest BCUT2D eigenvalue weighted by Crippen LogP contribution is -2.32. The van der Waals surface area contributed by atoms with Crippen LogP contribution in [0.1, 0.15) is 27.9 Å². The third-order valence-corrected chi connectivity index (χ3v) is 4.77. The third kappa shape index (κ3) is 2.79. The van der Waals surface area contributed by atoms with Crippen molar-refractivity contribution in [2.45, 2.75) is 12.8 Å². The van der Waals surface area contributed by atoms with Gasteiger partial charge in [0.25, 0.3) is 5.91 Å². The summed E-state index contributed by atoms with van der Waals surface area (Å²) in [5, 5.41) is 7.82. The number of rotatable bonds is 3. The summed E-state index contributed by atoms with van der Waals surface area (Å²) in [4.78, 5) is 35.0. The van der Waals surface area contributed by atoms with Gasteiger partial charge < -0.3 is 10.6 Å². The van der Waals surface area contributed by atoms with E-state index in [-0.39, 0.29) is 18.4 Å². The number of hydrogen-bond donors (Lipinski definition) is 2. The van der Waals surface area contributed by atoms with E-state index in [1.165, 1.54) is 0 Å². The molecule has 2 amide bonds. The molecule has 3 aromatic rings. The highest BCUT2D eigenvalue weighted by Crippen LogP contribution is 2.31. The number of likely N-dealkylation sites (tertiary alicyclic amines) is 1. The van der Waals surface area contributed by atoms with E-state index < -0.39 is 11.8 Å². The number of carbonyl (C=O) groups is 2. The molecule has 1 aliphatic rings. The molecule has 4 rings (SSSR count). The number of aromatic amines is 1. The lowest BCUT2D eigenvalue weighted by Gasteiger charge is -2.16. The van der Waals surface area contributed by atoms with Crippen molar-refractivity contribution >= 4 is 22.7 Å². The molecule has 3 N–H and O–H groups in total. The molecular weight excluding hydrogens is 332 g/mol. The van der Waals surface area contributed by atoms with Crippen LogP contribution in [0.15, 0.2) is 36.5 Å². The summed E-state index contributed by atoms with van der Waals surface area (Å²) in [6, 6.07) is 9.13. The van der Waals surface area contributed by atoms with Crippen LogP contribution in [0, 0.1) is 12.8 Å². The van der Waals surface area contributed by atoms with Crippen molar-refractivity contribution in [2.24, 2.45) is 11.7 Å². The molecule has 0 unspecified atom stereocenters. The molecule has 0 bridgehead atoms. The first-order chi connectivity index (χ1) is 12.5. The molecule has 8 heteroatoms. The Bertz CT molecular complexity index is 998. The number of benzene rings is 1. The van der Waals surface area contributed by atoms with Gasteiger partial charge in [-0.15, -0.1) is 0 Å². The molecule has 8 nitrogen and oxygen atoms in total. The zero-order valence-corrected chi connectivity index (χ0v) is 14.2. The molecule has 0 spiro atoms. The summed E-state index contributed by atoms with van der Waals surface area (Å²) in [5.74, 6) is -0.216. The minimum Gasteiger partial charge on any atom is -0.369 e. The number of nitrogens with two attached hydrogens (primary N) is 1. The van der Waals surface area contributed by atoms with Gasteiger partial charge in [-0.1, -0.05) is 6.07 Å². The number of nitrogens with zero attached hydrogens (tertiary/aromatic N) is 4. The monoisotopic (exact) mass is 350 g/mol. The van der Waals surface area contributed by atoms with E-state index in [9.17, 15) is 9.59 Å². The average molecular weight is 350 g/mol. The van der Waals surface area contributed by atoms with Crippen molar-refractivity contribution < 1.29 is 9.59 Å². The summed E-state index contributed by atoms with van der Waals surface area (Å²) in [6.45, 7) is 2.41. The maximum atomic E-state index is 12.9. The Morgan fingerprint density at radius 3 is 2.85 bits per heavy atom. The first-order valence-corrected chi connectivity index (χ1v) is 8.35.